The lowest BCUT2D eigenvalue weighted by atomic mass is 10.1. The Labute approximate surface area is 224 Å². The maximum atomic E-state index is 13.0. The number of hydrogen-bond acceptors (Lipinski definition) is 7. The minimum absolute atomic E-state index is 0.0318. The topological polar surface area (TPSA) is 99.5 Å². The summed E-state index contributed by atoms with van der Waals surface area (Å²) in [7, 11) is 5.64. The van der Waals surface area contributed by atoms with Crippen LogP contribution in [0.1, 0.15) is 68.9 Å². The third-order valence-electron chi connectivity index (χ3n) is 8.10. The van der Waals surface area contributed by atoms with Crippen LogP contribution in [0.3, 0.4) is 0 Å². The van der Waals surface area contributed by atoms with Gasteiger partial charge >= 0.3 is 0 Å². The summed E-state index contributed by atoms with van der Waals surface area (Å²) in [5.74, 6) is 1.10. The van der Waals surface area contributed by atoms with Crippen LogP contribution >= 0.6 is 0 Å². The predicted octanol–water partition coefficient (Wildman–Crippen LogP) is 4.22. The molecule has 202 valence electrons. The van der Waals surface area contributed by atoms with E-state index in [9.17, 15) is 9.59 Å². The van der Waals surface area contributed by atoms with E-state index < -0.39 is 0 Å². The number of pyridine rings is 1. The molecule has 2 fully saturated rings. The Bertz CT molecular complexity index is 1310. The van der Waals surface area contributed by atoms with Crippen LogP contribution < -0.4 is 10.2 Å². The van der Waals surface area contributed by atoms with Gasteiger partial charge in [-0.25, -0.2) is 9.97 Å². The first-order valence-electron chi connectivity index (χ1n) is 13.6. The number of likely N-dealkylation sites (N-methyl/N-ethyl adjacent to an activating group) is 1. The van der Waals surface area contributed by atoms with Gasteiger partial charge in [-0.2, -0.15) is 4.98 Å². The minimum Gasteiger partial charge on any atom is -0.343 e. The first-order valence-corrected chi connectivity index (χ1v) is 13.6. The Hall–Kier alpha value is -3.53. The summed E-state index contributed by atoms with van der Waals surface area (Å²) in [5.41, 5.74) is 2.20. The Morgan fingerprint density at radius 1 is 1.16 bits per heavy atom. The second kappa shape index (κ2) is 10.7. The zero-order chi connectivity index (χ0) is 27.0. The van der Waals surface area contributed by atoms with Gasteiger partial charge in [-0.05, 0) is 51.4 Å². The third kappa shape index (κ3) is 4.97. The van der Waals surface area contributed by atoms with E-state index in [1.165, 1.54) is 0 Å². The second-order valence-electron chi connectivity index (χ2n) is 10.8. The molecular weight excluding hydrogens is 480 g/mol. The molecule has 1 saturated carbocycles. The Morgan fingerprint density at radius 2 is 1.92 bits per heavy atom. The van der Waals surface area contributed by atoms with Gasteiger partial charge in [-0.3, -0.25) is 14.5 Å². The van der Waals surface area contributed by atoms with Crippen LogP contribution in [0.5, 0.6) is 0 Å². The Balaban J connectivity index is 1.40. The monoisotopic (exact) mass is 518 g/mol. The molecule has 0 bridgehead atoms. The number of carbonyl (C=O) groups excluding carboxylic acids is 2. The molecule has 2 amide bonds. The fraction of sp³-hybridized carbons (Fsp3) is 0.536. The molecule has 2 aliphatic rings. The number of nitrogens with zero attached hydrogens (tertiary/aromatic N) is 7. The van der Waals surface area contributed by atoms with E-state index in [0.29, 0.717) is 36.5 Å². The van der Waals surface area contributed by atoms with Crippen LogP contribution in [-0.4, -0.2) is 80.9 Å². The highest BCUT2D eigenvalue weighted by atomic mass is 16.2. The van der Waals surface area contributed by atoms with Crippen molar-refractivity contribution in [3.05, 3.63) is 36.3 Å². The largest absolute Gasteiger partial charge is 0.343 e. The van der Waals surface area contributed by atoms with Gasteiger partial charge in [0.2, 0.25) is 11.9 Å². The zero-order valence-electron chi connectivity index (χ0n) is 23.0. The number of amides is 2. The van der Waals surface area contributed by atoms with Gasteiger partial charge in [0, 0.05) is 56.8 Å². The first-order chi connectivity index (χ1) is 18.3. The highest BCUT2D eigenvalue weighted by Crippen LogP contribution is 2.35. The highest BCUT2D eigenvalue weighted by molar-refractivity contribution is 5.98. The van der Waals surface area contributed by atoms with E-state index in [1.54, 1.807) is 31.4 Å². The van der Waals surface area contributed by atoms with Crippen molar-refractivity contribution in [1.29, 1.82) is 0 Å². The lowest BCUT2D eigenvalue weighted by molar-refractivity contribution is -0.118. The quantitative estimate of drug-likeness (QED) is 0.521. The van der Waals surface area contributed by atoms with Crippen molar-refractivity contribution in [2.24, 2.45) is 0 Å². The summed E-state index contributed by atoms with van der Waals surface area (Å²) in [5, 5.41) is 4.06. The van der Waals surface area contributed by atoms with E-state index in [2.05, 4.69) is 45.6 Å². The molecule has 0 unspecified atom stereocenters. The minimum atomic E-state index is -0.0318. The molecule has 3 aromatic heterocycles. The second-order valence-corrected chi connectivity index (χ2v) is 10.8. The van der Waals surface area contributed by atoms with Crippen molar-refractivity contribution in [1.82, 2.24) is 29.3 Å². The molecule has 1 N–H and O–H groups in total. The van der Waals surface area contributed by atoms with Crippen LogP contribution in [0.4, 0.5) is 17.5 Å². The normalized spacial score (nSPS) is 21.2. The molecule has 38 heavy (non-hydrogen) atoms. The van der Waals surface area contributed by atoms with Crippen LogP contribution in [0.2, 0.25) is 0 Å². The number of nitrogens with one attached hydrogen (secondary N) is 1. The van der Waals surface area contributed by atoms with Gasteiger partial charge in [0.15, 0.2) is 0 Å². The summed E-state index contributed by atoms with van der Waals surface area (Å²) in [6, 6.07) is 6.43. The lowest BCUT2D eigenvalue weighted by Crippen LogP contribution is -2.41. The van der Waals surface area contributed by atoms with Gasteiger partial charge in [-0.1, -0.05) is 19.8 Å². The molecule has 3 aromatic rings. The first kappa shape index (κ1) is 26.1. The van der Waals surface area contributed by atoms with Gasteiger partial charge in [0.25, 0.3) is 5.91 Å². The molecule has 5 rings (SSSR count). The van der Waals surface area contributed by atoms with E-state index in [1.807, 2.05) is 23.1 Å². The summed E-state index contributed by atoms with van der Waals surface area (Å²) >= 11 is 0. The van der Waals surface area contributed by atoms with Crippen LogP contribution in [-0.2, 0) is 4.79 Å². The van der Waals surface area contributed by atoms with Crippen molar-refractivity contribution in [3.8, 4) is 0 Å². The van der Waals surface area contributed by atoms with Crippen molar-refractivity contribution in [2.75, 3.05) is 37.9 Å². The number of fused-ring (bicyclic) bond motifs is 1. The molecule has 0 spiro atoms. The van der Waals surface area contributed by atoms with Gasteiger partial charge < -0.3 is 19.7 Å². The number of carbonyl (C=O) groups is 2. The molecule has 1 aliphatic carbocycles. The predicted molar refractivity (Wildman–Crippen MR) is 149 cm³/mol. The molecule has 2 atom stereocenters. The molecule has 10 heteroatoms. The van der Waals surface area contributed by atoms with E-state index in [0.717, 1.165) is 48.8 Å². The molecule has 10 nitrogen and oxygen atoms in total. The molecule has 4 heterocycles. The molecule has 1 aliphatic heterocycles. The summed E-state index contributed by atoms with van der Waals surface area (Å²) in [4.78, 5) is 45.6. The van der Waals surface area contributed by atoms with E-state index in [4.69, 9.17) is 4.98 Å². The van der Waals surface area contributed by atoms with Gasteiger partial charge in [0.1, 0.15) is 17.2 Å². The third-order valence-corrected chi connectivity index (χ3v) is 8.10. The SMILES string of the molecule is CC[C@@H]1CN(c2ccc(Nc3ncc4cc(C(=O)N(C)C)n(C5CCCC5)c4n3)nc2)C(=O)C[C@H](C)N1C. The summed E-state index contributed by atoms with van der Waals surface area (Å²) in [6.45, 7) is 4.91. The van der Waals surface area contributed by atoms with Crippen molar-refractivity contribution >= 4 is 40.3 Å². The number of hydrogen-bond donors (Lipinski definition) is 1. The van der Waals surface area contributed by atoms with Crippen LogP contribution in [0, 0.1) is 0 Å². The van der Waals surface area contributed by atoms with Crippen molar-refractivity contribution in [3.63, 3.8) is 0 Å². The summed E-state index contributed by atoms with van der Waals surface area (Å²) in [6.07, 6.45) is 9.33. The molecule has 0 radical (unpaired) electrons. The van der Waals surface area contributed by atoms with E-state index in [-0.39, 0.29) is 23.9 Å². The van der Waals surface area contributed by atoms with Crippen molar-refractivity contribution < 1.29 is 9.59 Å². The van der Waals surface area contributed by atoms with Crippen molar-refractivity contribution in [2.45, 2.75) is 70.5 Å². The average molecular weight is 519 g/mol. The standard InChI is InChI=1S/C28H38N8O2/c1-6-20-17-35(25(37)13-18(2)34(20)5)22-11-12-24(29-16-22)31-28-30-15-19-14-23(27(38)33(3)4)36(26(19)32-28)21-9-7-8-10-21/h11-12,14-16,18,20-21H,6-10,13,17H2,1-5H3,(H,29,30,31,32)/t18-,20+/m0/s1. The number of rotatable bonds is 6. The molecular formula is C28H38N8O2. The molecule has 0 aromatic carbocycles. The highest BCUT2D eigenvalue weighted by Gasteiger charge is 2.31. The maximum absolute atomic E-state index is 13.0. The lowest BCUT2D eigenvalue weighted by Gasteiger charge is -2.30. The molecule has 1 saturated heterocycles. The van der Waals surface area contributed by atoms with Gasteiger partial charge in [-0.15, -0.1) is 0 Å². The summed E-state index contributed by atoms with van der Waals surface area (Å²) < 4.78 is 2.10. The Morgan fingerprint density at radius 3 is 2.58 bits per heavy atom. The fourth-order valence-corrected chi connectivity index (χ4v) is 5.70. The zero-order valence-corrected chi connectivity index (χ0v) is 23.0. The van der Waals surface area contributed by atoms with Gasteiger partial charge in [0.05, 0.1) is 11.9 Å². The Kier molecular flexibility index (Phi) is 7.34. The van der Waals surface area contributed by atoms with Crippen LogP contribution in [0.15, 0.2) is 30.6 Å². The fourth-order valence-electron chi connectivity index (χ4n) is 5.70. The maximum Gasteiger partial charge on any atom is 0.270 e. The number of anilines is 3. The average Bonchev–Trinajstić information content (AvgIpc) is 3.54. The van der Waals surface area contributed by atoms with Crippen LogP contribution in [0.25, 0.3) is 11.0 Å². The smallest absolute Gasteiger partial charge is 0.270 e. The van der Waals surface area contributed by atoms with E-state index >= 15 is 0 Å². The number of aromatic nitrogens is 4.